The topological polar surface area (TPSA) is 41.9 Å². The van der Waals surface area contributed by atoms with Gasteiger partial charge in [-0.1, -0.05) is 29.8 Å². The van der Waals surface area contributed by atoms with Crippen LogP contribution in [0.3, 0.4) is 0 Å². The van der Waals surface area contributed by atoms with Crippen LogP contribution in [0.5, 0.6) is 0 Å². The van der Waals surface area contributed by atoms with Gasteiger partial charge >= 0.3 is 0 Å². The SMILES string of the molecule is Cc1cccc(CN(C[C@H](O)COC(C)C)C[C@@H]2CCCO2)c1. The van der Waals surface area contributed by atoms with Crippen LogP contribution in [0.4, 0.5) is 0 Å². The fraction of sp³-hybridized carbons (Fsp3) is 0.684. The second-order valence-corrected chi connectivity index (χ2v) is 6.85. The van der Waals surface area contributed by atoms with E-state index in [4.69, 9.17) is 9.47 Å². The Morgan fingerprint density at radius 2 is 2.22 bits per heavy atom. The molecule has 0 radical (unpaired) electrons. The Morgan fingerprint density at radius 1 is 1.39 bits per heavy atom. The van der Waals surface area contributed by atoms with Crippen molar-refractivity contribution in [1.82, 2.24) is 4.90 Å². The number of aliphatic hydroxyl groups is 1. The lowest BCUT2D eigenvalue weighted by molar-refractivity contribution is -0.0172. The van der Waals surface area contributed by atoms with Gasteiger partial charge < -0.3 is 14.6 Å². The van der Waals surface area contributed by atoms with Crippen LogP contribution in [0.25, 0.3) is 0 Å². The molecule has 1 aromatic carbocycles. The lowest BCUT2D eigenvalue weighted by Gasteiger charge is -2.28. The summed E-state index contributed by atoms with van der Waals surface area (Å²) in [6.07, 6.45) is 2.22. The summed E-state index contributed by atoms with van der Waals surface area (Å²) in [5, 5.41) is 10.3. The van der Waals surface area contributed by atoms with Crippen LogP contribution in [0.2, 0.25) is 0 Å². The number of hydrogen-bond acceptors (Lipinski definition) is 4. The molecule has 130 valence electrons. The molecule has 1 aromatic rings. The molecule has 0 unspecified atom stereocenters. The molecule has 0 amide bonds. The Balaban J connectivity index is 1.93. The maximum Gasteiger partial charge on any atom is 0.0900 e. The van der Waals surface area contributed by atoms with Crippen molar-refractivity contribution in [2.24, 2.45) is 0 Å². The highest BCUT2D eigenvalue weighted by Crippen LogP contribution is 2.16. The van der Waals surface area contributed by atoms with Crippen molar-refractivity contribution >= 4 is 0 Å². The van der Waals surface area contributed by atoms with Crippen LogP contribution in [-0.2, 0) is 16.0 Å². The highest BCUT2D eigenvalue weighted by molar-refractivity contribution is 5.22. The molecule has 0 saturated carbocycles. The summed E-state index contributed by atoms with van der Waals surface area (Å²) in [5.41, 5.74) is 2.54. The third kappa shape index (κ3) is 7.00. The first-order valence-corrected chi connectivity index (χ1v) is 8.72. The van der Waals surface area contributed by atoms with Crippen molar-refractivity contribution in [3.8, 4) is 0 Å². The van der Waals surface area contributed by atoms with E-state index in [1.165, 1.54) is 11.1 Å². The average molecular weight is 321 g/mol. The third-order valence-corrected chi connectivity index (χ3v) is 4.07. The molecule has 0 aromatic heterocycles. The minimum atomic E-state index is -0.469. The normalized spacial score (nSPS) is 19.7. The van der Waals surface area contributed by atoms with Gasteiger partial charge in [0.1, 0.15) is 0 Å². The van der Waals surface area contributed by atoms with Crippen LogP contribution in [0, 0.1) is 6.92 Å². The number of benzene rings is 1. The summed E-state index contributed by atoms with van der Waals surface area (Å²) < 4.78 is 11.3. The van der Waals surface area contributed by atoms with Gasteiger partial charge in [-0.25, -0.2) is 0 Å². The molecule has 0 spiro atoms. The Hall–Kier alpha value is -0.940. The molecule has 1 aliphatic heterocycles. The second-order valence-electron chi connectivity index (χ2n) is 6.85. The first kappa shape index (κ1) is 18.4. The van der Waals surface area contributed by atoms with E-state index in [9.17, 15) is 5.11 Å². The van der Waals surface area contributed by atoms with Gasteiger partial charge in [0.15, 0.2) is 0 Å². The molecule has 1 heterocycles. The van der Waals surface area contributed by atoms with Crippen molar-refractivity contribution in [3.63, 3.8) is 0 Å². The van der Waals surface area contributed by atoms with Crippen molar-refractivity contribution in [3.05, 3.63) is 35.4 Å². The number of aliphatic hydroxyl groups excluding tert-OH is 1. The maximum absolute atomic E-state index is 10.3. The molecular weight excluding hydrogens is 290 g/mol. The van der Waals surface area contributed by atoms with E-state index < -0.39 is 6.10 Å². The molecule has 23 heavy (non-hydrogen) atoms. The molecule has 0 aliphatic carbocycles. The van der Waals surface area contributed by atoms with Gasteiger partial charge in [-0.15, -0.1) is 0 Å². The van der Waals surface area contributed by atoms with Gasteiger partial charge in [-0.2, -0.15) is 0 Å². The molecule has 2 rings (SSSR count). The fourth-order valence-electron chi connectivity index (χ4n) is 3.00. The number of nitrogens with zero attached hydrogens (tertiary/aromatic N) is 1. The number of ether oxygens (including phenoxy) is 2. The Bertz CT molecular complexity index is 458. The zero-order valence-corrected chi connectivity index (χ0v) is 14.7. The van der Waals surface area contributed by atoms with Gasteiger partial charge in [0.25, 0.3) is 0 Å². The van der Waals surface area contributed by atoms with E-state index in [-0.39, 0.29) is 12.2 Å². The van der Waals surface area contributed by atoms with Crippen LogP contribution in [-0.4, -0.2) is 54.6 Å². The lowest BCUT2D eigenvalue weighted by Crippen LogP contribution is -2.39. The summed E-state index contributed by atoms with van der Waals surface area (Å²) in [7, 11) is 0. The number of hydrogen-bond donors (Lipinski definition) is 1. The van der Waals surface area contributed by atoms with Gasteiger partial charge in [0.2, 0.25) is 0 Å². The van der Waals surface area contributed by atoms with Crippen molar-refractivity contribution in [2.75, 3.05) is 26.3 Å². The quantitative estimate of drug-likeness (QED) is 0.759. The summed E-state index contributed by atoms with van der Waals surface area (Å²) in [6, 6.07) is 8.55. The van der Waals surface area contributed by atoms with Crippen LogP contribution >= 0.6 is 0 Å². The Morgan fingerprint density at radius 3 is 2.87 bits per heavy atom. The van der Waals surface area contributed by atoms with Gasteiger partial charge in [0, 0.05) is 26.2 Å². The lowest BCUT2D eigenvalue weighted by atomic mass is 10.1. The van der Waals surface area contributed by atoms with E-state index in [2.05, 4.69) is 36.1 Å². The molecule has 1 fully saturated rings. The van der Waals surface area contributed by atoms with Crippen LogP contribution in [0.1, 0.15) is 37.8 Å². The van der Waals surface area contributed by atoms with E-state index >= 15 is 0 Å². The summed E-state index contributed by atoms with van der Waals surface area (Å²) in [5.74, 6) is 0. The smallest absolute Gasteiger partial charge is 0.0900 e. The number of rotatable bonds is 9. The zero-order valence-electron chi connectivity index (χ0n) is 14.7. The monoisotopic (exact) mass is 321 g/mol. The number of aryl methyl sites for hydroxylation is 1. The predicted octanol–water partition coefficient (Wildman–Crippen LogP) is 2.76. The van der Waals surface area contributed by atoms with E-state index in [1.807, 2.05) is 13.8 Å². The minimum Gasteiger partial charge on any atom is -0.389 e. The van der Waals surface area contributed by atoms with E-state index in [0.717, 1.165) is 32.5 Å². The zero-order chi connectivity index (χ0) is 16.7. The van der Waals surface area contributed by atoms with Gasteiger partial charge in [0.05, 0.1) is 24.9 Å². The molecule has 1 aliphatic rings. The second kappa shape index (κ2) is 9.38. The standard InChI is InChI=1S/C19H31NO3/c1-15(2)23-14-18(21)12-20(13-19-8-5-9-22-19)11-17-7-4-6-16(3)10-17/h4,6-7,10,15,18-19,21H,5,8-9,11-14H2,1-3H3/t18-,19-/m0/s1. The molecule has 4 heteroatoms. The first-order valence-electron chi connectivity index (χ1n) is 8.72. The largest absolute Gasteiger partial charge is 0.389 e. The maximum atomic E-state index is 10.3. The molecule has 0 bridgehead atoms. The fourth-order valence-corrected chi connectivity index (χ4v) is 3.00. The highest BCUT2D eigenvalue weighted by atomic mass is 16.5. The Labute approximate surface area is 140 Å². The third-order valence-electron chi connectivity index (χ3n) is 4.07. The van der Waals surface area contributed by atoms with E-state index in [0.29, 0.717) is 13.2 Å². The van der Waals surface area contributed by atoms with Crippen molar-refractivity contribution < 1.29 is 14.6 Å². The van der Waals surface area contributed by atoms with Gasteiger partial charge in [-0.05, 0) is 39.2 Å². The summed E-state index contributed by atoms with van der Waals surface area (Å²) >= 11 is 0. The molecule has 2 atom stereocenters. The van der Waals surface area contributed by atoms with Crippen molar-refractivity contribution in [2.45, 2.75) is 58.5 Å². The minimum absolute atomic E-state index is 0.146. The molecule has 1 saturated heterocycles. The molecular formula is C19H31NO3. The van der Waals surface area contributed by atoms with E-state index in [1.54, 1.807) is 0 Å². The molecule has 4 nitrogen and oxygen atoms in total. The Kier molecular flexibility index (Phi) is 7.50. The summed E-state index contributed by atoms with van der Waals surface area (Å²) in [6.45, 7) is 9.65. The van der Waals surface area contributed by atoms with Crippen LogP contribution in [0.15, 0.2) is 24.3 Å². The van der Waals surface area contributed by atoms with Gasteiger partial charge in [-0.3, -0.25) is 4.90 Å². The average Bonchev–Trinajstić information content (AvgIpc) is 2.98. The first-order chi connectivity index (χ1) is 11.0. The van der Waals surface area contributed by atoms with Crippen molar-refractivity contribution in [1.29, 1.82) is 0 Å². The highest BCUT2D eigenvalue weighted by Gasteiger charge is 2.21. The van der Waals surface area contributed by atoms with Crippen LogP contribution < -0.4 is 0 Å². The molecule has 1 N–H and O–H groups in total. The predicted molar refractivity (Wildman–Crippen MR) is 92.5 cm³/mol. The summed E-state index contributed by atoms with van der Waals surface area (Å²) in [4.78, 5) is 2.29.